The third-order valence-electron chi connectivity index (χ3n) is 2.42. The molecular formula is C13H13NO2WY-2. The van der Waals surface area contributed by atoms with Crippen molar-refractivity contribution in [3.63, 3.8) is 0 Å². The van der Waals surface area contributed by atoms with Crippen LogP contribution in [0.2, 0.25) is 0 Å². The van der Waals surface area contributed by atoms with Crippen LogP contribution in [-0.4, -0.2) is 11.0 Å². The molecule has 1 aromatic heterocycles. The van der Waals surface area contributed by atoms with E-state index in [1.54, 1.807) is 13.1 Å². The van der Waals surface area contributed by atoms with E-state index in [9.17, 15) is 4.79 Å². The van der Waals surface area contributed by atoms with E-state index >= 15 is 0 Å². The van der Waals surface area contributed by atoms with E-state index in [1.165, 1.54) is 0 Å². The summed E-state index contributed by atoms with van der Waals surface area (Å²) < 4.78 is 5.21. The van der Waals surface area contributed by atoms with Crippen LogP contribution < -0.4 is 4.74 Å². The van der Waals surface area contributed by atoms with Gasteiger partial charge in [-0.2, -0.15) is 10.9 Å². The Morgan fingerprint density at radius 3 is 2.67 bits per heavy atom. The number of aryl methyl sites for hydroxylation is 2. The maximum absolute atomic E-state index is 11.2. The molecule has 0 aliphatic heterocycles. The molecule has 0 saturated carbocycles. The third-order valence-corrected chi connectivity index (χ3v) is 2.42. The predicted octanol–water partition coefficient (Wildman–Crippen LogP) is 2.70. The number of aromatic amines is 1. The normalized spacial score (nSPS) is 9.50. The Morgan fingerprint density at radius 1 is 1.39 bits per heavy atom. The Balaban J connectivity index is 0.00000144. The Hall–Kier alpha value is 0.0222. The van der Waals surface area contributed by atoms with Crippen molar-refractivity contribution in [2.24, 2.45) is 0 Å². The summed E-state index contributed by atoms with van der Waals surface area (Å²) >= 11 is 0. The molecule has 1 radical (unpaired) electrons. The number of hydrogen-bond acceptors (Lipinski definition) is 2. The molecule has 0 atom stereocenters. The number of H-pyrrole nitrogens is 1. The minimum Gasteiger partial charge on any atom is -0.464 e. The Labute approximate surface area is 146 Å². The monoisotopic (exact) mass is 488 g/mol. The van der Waals surface area contributed by atoms with Crippen molar-refractivity contribution < 1.29 is 63.3 Å². The van der Waals surface area contributed by atoms with Crippen molar-refractivity contribution >= 4 is 16.9 Å². The van der Waals surface area contributed by atoms with Gasteiger partial charge in [0.1, 0.15) is 5.75 Å². The van der Waals surface area contributed by atoms with Gasteiger partial charge < -0.3 is 21.9 Å². The predicted molar refractivity (Wildman–Crippen MR) is 61.4 cm³/mol. The fourth-order valence-corrected chi connectivity index (χ4v) is 1.66. The number of ether oxygens (including phenoxy) is 1. The average Bonchev–Trinajstić information content (AvgIpc) is 2.61. The summed E-state index contributed by atoms with van der Waals surface area (Å²) in [5.41, 5.74) is 2.84. The molecule has 93 valence electrons. The van der Waals surface area contributed by atoms with E-state index in [2.05, 4.69) is 17.1 Å². The molecule has 18 heavy (non-hydrogen) atoms. The molecule has 0 fully saturated rings. The Kier molecular flexibility index (Phi) is 7.58. The summed E-state index contributed by atoms with van der Waals surface area (Å²) in [5, 5.41) is 0.815. The second kappa shape index (κ2) is 7.57. The number of rotatable bonds is 2. The second-order valence-corrected chi connectivity index (χ2v) is 3.73. The zero-order valence-electron chi connectivity index (χ0n) is 10.6. The maximum Gasteiger partial charge on any atom is 0.310 e. The van der Waals surface area contributed by atoms with Gasteiger partial charge in [0.15, 0.2) is 0 Å². The molecule has 0 spiro atoms. The van der Waals surface area contributed by atoms with E-state index in [4.69, 9.17) is 4.74 Å². The van der Waals surface area contributed by atoms with Crippen LogP contribution in [0.4, 0.5) is 0 Å². The number of hydrogen-bond donors (Lipinski definition) is 1. The minimum atomic E-state index is -0.238. The third kappa shape index (κ3) is 3.76. The Morgan fingerprint density at radius 2 is 2.06 bits per heavy atom. The van der Waals surface area contributed by atoms with Gasteiger partial charge in [-0.1, -0.05) is 20.8 Å². The molecule has 3 nitrogen and oxygen atoms in total. The van der Waals surface area contributed by atoms with Crippen LogP contribution in [0.3, 0.4) is 0 Å². The SMILES string of the molecule is CCC(=O)Oc1c[nH]c2c(C)[c-]c(C)[c-]c12.[W].[Y]. The quantitative estimate of drug-likeness (QED) is 0.523. The van der Waals surface area contributed by atoms with Crippen molar-refractivity contribution in [2.45, 2.75) is 27.2 Å². The molecule has 5 heteroatoms. The van der Waals surface area contributed by atoms with E-state index in [0.29, 0.717) is 12.2 Å². The number of carbonyl (C=O) groups is 1. The molecular weight excluding hydrogens is 475 g/mol. The van der Waals surface area contributed by atoms with Crippen LogP contribution in [0.25, 0.3) is 10.9 Å². The molecule has 0 aliphatic carbocycles. The topological polar surface area (TPSA) is 42.1 Å². The van der Waals surface area contributed by atoms with Gasteiger partial charge in [0.05, 0.1) is 0 Å². The van der Waals surface area contributed by atoms with E-state index in [0.717, 1.165) is 22.0 Å². The first-order valence-corrected chi connectivity index (χ1v) is 5.25. The summed E-state index contributed by atoms with van der Waals surface area (Å²) in [6.45, 7) is 5.65. The minimum absolute atomic E-state index is 0. The van der Waals surface area contributed by atoms with Crippen molar-refractivity contribution in [2.75, 3.05) is 0 Å². The molecule has 1 aromatic carbocycles. The molecule has 0 aliphatic rings. The van der Waals surface area contributed by atoms with Gasteiger partial charge in [0.25, 0.3) is 0 Å². The second-order valence-electron chi connectivity index (χ2n) is 3.73. The summed E-state index contributed by atoms with van der Waals surface area (Å²) in [6, 6.07) is 6.31. The van der Waals surface area contributed by atoms with Crippen molar-refractivity contribution in [3.8, 4) is 5.75 Å². The van der Waals surface area contributed by atoms with Crippen LogP contribution in [0.15, 0.2) is 6.20 Å². The van der Waals surface area contributed by atoms with Crippen LogP contribution in [0, 0.1) is 26.0 Å². The van der Waals surface area contributed by atoms with E-state index < -0.39 is 0 Å². The standard InChI is InChI=1S/C13H13NO2.W.Y/c1-4-12(15)16-11-7-14-13-9(3)5-8(2)6-10(11)13;;/h7,14H,4H2,1-3H3;;/q-2;;. The van der Waals surface area contributed by atoms with Crippen LogP contribution in [0.5, 0.6) is 5.75 Å². The van der Waals surface area contributed by atoms with Crippen molar-refractivity contribution in [1.82, 2.24) is 4.98 Å². The van der Waals surface area contributed by atoms with Crippen molar-refractivity contribution in [1.29, 1.82) is 0 Å². The van der Waals surface area contributed by atoms with E-state index in [1.807, 2.05) is 13.8 Å². The summed E-state index contributed by atoms with van der Waals surface area (Å²) in [4.78, 5) is 14.3. The maximum atomic E-state index is 11.2. The summed E-state index contributed by atoms with van der Waals surface area (Å²) in [7, 11) is 0. The van der Waals surface area contributed by atoms with Crippen molar-refractivity contribution in [3.05, 3.63) is 29.5 Å². The van der Waals surface area contributed by atoms with Crippen LogP contribution in [0.1, 0.15) is 24.5 Å². The molecule has 0 bridgehead atoms. The first-order valence-electron chi connectivity index (χ1n) is 5.25. The van der Waals surface area contributed by atoms with Gasteiger partial charge in [0, 0.05) is 66.4 Å². The number of nitrogens with one attached hydrogen (secondary N) is 1. The van der Waals surface area contributed by atoms with Gasteiger partial charge in [-0.05, 0) is 0 Å². The zero-order valence-corrected chi connectivity index (χ0v) is 16.4. The zero-order chi connectivity index (χ0) is 11.7. The summed E-state index contributed by atoms with van der Waals surface area (Å²) in [5.74, 6) is 0.305. The number of carbonyl (C=O) groups excluding carboxylic acids is 1. The van der Waals surface area contributed by atoms with Gasteiger partial charge in [-0.3, -0.25) is 15.9 Å². The first kappa shape index (κ1) is 18.0. The molecule has 1 N–H and O–H groups in total. The van der Waals surface area contributed by atoms with Gasteiger partial charge in [-0.25, -0.2) is 0 Å². The summed E-state index contributed by atoms with van der Waals surface area (Å²) in [6.07, 6.45) is 2.05. The molecule has 2 aromatic rings. The number of fused-ring (bicyclic) bond motifs is 1. The molecule has 0 amide bonds. The average molecular weight is 488 g/mol. The van der Waals surface area contributed by atoms with Gasteiger partial charge >= 0.3 is 5.97 Å². The molecule has 2 rings (SSSR count). The smallest absolute Gasteiger partial charge is 0.310 e. The molecule has 1 heterocycles. The largest absolute Gasteiger partial charge is 0.464 e. The molecule has 0 unspecified atom stereocenters. The fourth-order valence-electron chi connectivity index (χ4n) is 1.66. The number of esters is 1. The van der Waals surface area contributed by atoms with E-state index in [-0.39, 0.29) is 59.7 Å². The van der Waals surface area contributed by atoms with Crippen LogP contribution >= 0.6 is 0 Å². The first-order chi connectivity index (χ1) is 7.61. The van der Waals surface area contributed by atoms with Gasteiger partial charge in [-0.15, -0.1) is 0 Å². The Bertz CT molecular complexity index is 551. The molecule has 0 saturated heterocycles. The fraction of sp³-hybridized carbons (Fsp3) is 0.308. The number of benzene rings is 1. The van der Waals surface area contributed by atoms with Crippen LogP contribution in [-0.2, 0) is 58.6 Å². The van der Waals surface area contributed by atoms with Gasteiger partial charge in [0.2, 0.25) is 0 Å². The number of aromatic nitrogens is 1.